The zero-order valence-corrected chi connectivity index (χ0v) is 17.2. The first-order valence-electron chi connectivity index (χ1n) is 8.48. The minimum Gasteiger partial charge on any atom is -0.334 e. The van der Waals surface area contributed by atoms with Crippen LogP contribution in [-0.4, -0.2) is 39.9 Å². The van der Waals surface area contributed by atoms with Gasteiger partial charge in [0.25, 0.3) is 5.91 Å². The minimum absolute atomic E-state index is 0.0658. The lowest BCUT2D eigenvalue weighted by Gasteiger charge is -2.36. The van der Waals surface area contributed by atoms with Gasteiger partial charge in [0.1, 0.15) is 5.82 Å². The Morgan fingerprint density at radius 1 is 1.27 bits per heavy atom. The molecule has 1 saturated heterocycles. The van der Waals surface area contributed by atoms with Crippen molar-refractivity contribution in [3.63, 3.8) is 0 Å². The maximum Gasteiger partial charge on any atom is 0.255 e. The molecule has 1 fully saturated rings. The molecule has 3 rings (SSSR count). The summed E-state index contributed by atoms with van der Waals surface area (Å²) in [5, 5.41) is 4.08. The molecule has 1 N–H and O–H groups in total. The highest BCUT2D eigenvalue weighted by molar-refractivity contribution is 9.10. The van der Waals surface area contributed by atoms with Crippen molar-refractivity contribution >= 4 is 45.0 Å². The number of hydrogen-bond donors (Lipinski definition) is 1. The van der Waals surface area contributed by atoms with Gasteiger partial charge in [0.05, 0.1) is 26.6 Å². The average Bonchev–Trinajstić information content (AvgIpc) is 2.65. The van der Waals surface area contributed by atoms with E-state index >= 15 is 0 Å². The SMILES string of the molecule is O=C(c1cccc(Cl)c1Cl)N1CCCCC1CNCc1ncc(Br)cn1. The molecular weight excluding hydrogens is 439 g/mol. The summed E-state index contributed by atoms with van der Waals surface area (Å²) in [6.45, 7) is 1.97. The highest BCUT2D eigenvalue weighted by Crippen LogP contribution is 2.28. The lowest BCUT2D eigenvalue weighted by Crippen LogP contribution is -2.48. The molecule has 1 atom stereocenters. The fourth-order valence-electron chi connectivity index (χ4n) is 3.08. The van der Waals surface area contributed by atoms with Crippen molar-refractivity contribution < 1.29 is 4.79 Å². The van der Waals surface area contributed by atoms with Crippen LogP contribution >= 0.6 is 39.1 Å². The van der Waals surface area contributed by atoms with Crippen molar-refractivity contribution in [3.05, 3.63) is 56.5 Å². The van der Waals surface area contributed by atoms with E-state index in [1.165, 1.54) is 0 Å². The van der Waals surface area contributed by atoms with Crippen LogP contribution in [0.5, 0.6) is 0 Å². The molecule has 8 heteroatoms. The van der Waals surface area contributed by atoms with Gasteiger partial charge >= 0.3 is 0 Å². The predicted molar refractivity (Wildman–Crippen MR) is 107 cm³/mol. The highest BCUT2D eigenvalue weighted by Gasteiger charge is 2.28. The van der Waals surface area contributed by atoms with Crippen molar-refractivity contribution in [2.75, 3.05) is 13.1 Å². The van der Waals surface area contributed by atoms with E-state index in [2.05, 4.69) is 31.2 Å². The average molecular weight is 458 g/mol. The number of aromatic nitrogens is 2. The molecule has 0 radical (unpaired) electrons. The van der Waals surface area contributed by atoms with Crippen molar-refractivity contribution in [1.29, 1.82) is 0 Å². The molecule has 1 unspecified atom stereocenters. The lowest BCUT2D eigenvalue weighted by atomic mass is 10.0. The van der Waals surface area contributed by atoms with Crippen LogP contribution in [0.1, 0.15) is 35.4 Å². The van der Waals surface area contributed by atoms with Crippen molar-refractivity contribution in [1.82, 2.24) is 20.2 Å². The van der Waals surface area contributed by atoms with E-state index in [-0.39, 0.29) is 11.9 Å². The number of carbonyl (C=O) groups excluding carboxylic acids is 1. The Hall–Kier alpha value is -1.21. The van der Waals surface area contributed by atoms with Crippen molar-refractivity contribution in [2.24, 2.45) is 0 Å². The Morgan fingerprint density at radius 3 is 2.81 bits per heavy atom. The summed E-state index contributed by atoms with van der Waals surface area (Å²) in [5.74, 6) is 0.656. The standard InChI is InChI=1S/C18H19BrCl2N4O/c19-12-8-23-16(24-9-12)11-22-10-13-4-1-2-7-25(13)18(26)14-5-3-6-15(20)17(14)21/h3,5-6,8-9,13,22H,1-2,4,7,10-11H2. The van der Waals surface area contributed by atoms with Gasteiger partial charge in [0.15, 0.2) is 0 Å². The Balaban J connectivity index is 1.64. The number of rotatable bonds is 5. The van der Waals surface area contributed by atoms with E-state index in [1.54, 1.807) is 30.6 Å². The topological polar surface area (TPSA) is 58.1 Å². The summed E-state index contributed by atoms with van der Waals surface area (Å²) < 4.78 is 0.851. The van der Waals surface area contributed by atoms with Crippen LogP contribution < -0.4 is 5.32 Å². The zero-order valence-electron chi connectivity index (χ0n) is 14.1. The van der Waals surface area contributed by atoms with E-state index in [1.807, 2.05) is 4.90 Å². The van der Waals surface area contributed by atoms with Gasteiger partial charge in [-0.1, -0.05) is 29.3 Å². The molecule has 0 aliphatic carbocycles. The summed E-state index contributed by atoms with van der Waals surface area (Å²) in [4.78, 5) is 23.4. The van der Waals surface area contributed by atoms with Gasteiger partial charge in [0, 0.05) is 31.5 Å². The van der Waals surface area contributed by atoms with E-state index in [4.69, 9.17) is 23.2 Å². The minimum atomic E-state index is -0.0658. The summed E-state index contributed by atoms with van der Waals surface area (Å²) in [6, 6.07) is 5.28. The molecule has 26 heavy (non-hydrogen) atoms. The molecule has 5 nitrogen and oxygen atoms in total. The molecule has 1 aliphatic heterocycles. The predicted octanol–water partition coefficient (Wildman–Crippen LogP) is 4.33. The van der Waals surface area contributed by atoms with Gasteiger partial charge in [-0.25, -0.2) is 9.97 Å². The Labute approximate surface area is 171 Å². The number of piperidine rings is 1. The third kappa shape index (κ3) is 4.74. The fourth-order valence-corrected chi connectivity index (χ4v) is 3.67. The van der Waals surface area contributed by atoms with E-state index in [9.17, 15) is 4.79 Å². The van der Waals surface area contributed by atoms with Crippen LogP contribution in [0.2, 0.25) is 10.0 Å². The van der Waals surface area contributed by atoms with Crippen LogP contribution in [0.4, 0.5) is 0 Å². The van der Waals surface area contributed by atoms with Gasteiger partial charge in [-0.3, -0.25) is 4.79 Å². The number of likely N-dealkylation sites (tertiary alicyclic amines) is 1. The van der Waals surface area contributed by atoms with Crippen molar-refractivity contribution in [2.45, 2.75) is 31.8 Å². The molecule has 1 aliphatic rings. The van der Waals surface area contributed by atoms with Gasteiger partial charge < -0.3 is 10.2 Å². The maximum absolute atomic E-state index is 13.0. The molecular formula is C18H19BrCl2N4O. The second-order valence-corrected chi connectivity index (χ2v) is 7.90. The smallest absolute Gasteiger partial charge is 0.255 e. The molecule has 2 heterocycles. The number of nitrogens with one attached hydrogen (secondary N) is 1. The quantitative estimate of drug-likeness (QED) is 0.725. The van der Waals surface area contributed by atoms with E-state index < -0.39 is 0 Å². The summed E-state index contributed by atoms with van der Waals surface area (Å²) >= 11 is 15.6. The number of hydrogen-bond acceptors (Lipinski definition) is 4. The second kappa shape index (κ2) is 9.13. The molecule has 1 amide bonds. The second-order valence-electron chi connectivity index (χ2n) is 6.20. The Bertz CT molecular complexity index is 772. The summed E-state index contributed by atoms with van der Waals surface area (Å²) in [7, 11) is 0. The third-order valence-electron chi connectivity index (χ3n) is 4.41. The van der Waals surface area contributed by atoms with Crippen LogP contribution in [0.15, 0.2) is 35.1 Å². The largest absolute Gasteiger partial charge is 0.334 e. The van der Waals surface area contributed by atoms with Crippen LogP contribution in [0.3, 0.4) is 0 Å². The highest BCUT2D eigenvalue weighted by atomic mass is 79.9. The molecule has 2 aromatic rings. The van der Waals surface area contributed by atoms with Gasteiger partial charge in [-0.2, -0.15) is 0 Å². The zero-order chi connectivity index (χ0) is 18.5. The molecule has 0 saturated carbocycles. The molecule has 0 spiro atoms. The number of halogens is 3. The molecule has 138 valence electrons. The van der Waals surface area contributed by atoms with Crippen LogP contribution in [0.25, 0.3) is 0 Å². The van der Waals surface area contributed by atoms with Gasteiger partial charge in [-0.15, -0.1) is 0 Å². The van der Waals surface area contributed by atoms with Gasteiger partial charge in [0.2, 0.25) is 0 Å². The monoisotopic (exact) mass is 456 g/mol. The summed E-state index contributed by atoms with van der Waals surface area (Å²) in [5.41, 5.74) is 0.460. The summed E-state index contributed by atoms with van der Waals surface area (Å²) in [6.07, 6.45) is 6.51. The Morgan fingerprint density at radius 2 is 2.04 bits per heavy atom. The van der Waals surface area contributed by atoms with Crippen molar-refractivity contribution in [3.8, 4) is 0 Å². The fraction of sp³-hybridized carbons (Fsp3) is 0.389. The van der Waals surface area contributed by atoms with E-state index in [0.717, 1.165) is 36.1 Å². The molecule has 0 bridgehead atoms. The lowest BCUT2D eigenvalue weighted by molar-refractivity contribution is 0.0612. The van der Waals surface area contributed by atoms with E-state index in [0.29, 0.717) is 28.7 Å². The molecule has 1 aromatic heterocycles. The van der Waals surface area contributed by atoms with Crippen LogP contribution in [0, 0.1) is 0 Å². The number of nitrogens with zero attached hydrogens (tertiary/aromatic N) is 3. The normalized spacial score (nSPS) is 17.3. The third-order valence-corrected chi connectivity index (χ3v) is 5.64. The maximum atomic E-state index is 13.0. The Kier molecular flexibility index (Phi) is 6.86. The number of benzene rings is 1. The van der Waals surface area contributed by atoms with Crippen LogP contribution in [-0.2, 0) is 6.54 Å². The number of amides is 1. The first kappa shape index (κ1) is 19.5. The molecule has 1 aromatic carbocycles. The first-order chi connectivity index (χ1) is 12.6. The first-order valence-corrected chi connectivity index (χ1v) is 10.0. The van der Waals surface area contributed by atoms with Gasteiger partial charge in [-0.05, 0) is 47.3 Å². The number of carbonyl (C=O) groups is 1.